The predicted octanol–water partition coefficient (Wildman–Crippen LogP) is 2.16. The summed E-state index contributed by atoms with van der Waals surface area (Å²) >= 11 is 0. The Morgan fingerprint density at radius 3 is 2.79 bits per heavy atom. The zero-order chi connectivity index (χ0) is 9.38. The highest BCUT2D eigenvalue weighted by Crippen LogP contribution is 2.26. The molecule has 0 atom stereocenters. The van der Waals surface area contributed by atoms with Crippen LogP contribution in [0.15, 0.2) is 24.3 Å². The number of aromatic amines is 1. The Bertz CT molecular complexity index is 440. The van der Waals surface area contributed by atoms with Crippen LogP contribution in [0.1, 0.15) is 12.8 Å². The molecule has 0 amide bonds. The number of aromatic nitrogens is 2. The second kappa shape index (κ2) is 3.01. The molecule has 2 aromatic rings. The van der Waals surface area contributed by atoms with Gasteiger partial charge in [0.25, 0.3) is 0 Å². The molecular weight excluding hydrogens is 174 g/mol. The Morgan fingerprint density at radius 1 is 1.14 bits per heavy atom. The summed E-state index contributed by atoms with van der Waals surface area (Å²) in [4.78, 5) is 2.36. The monoisotopic (exact) mass is 187 g/mol. The first-order valence-corrected chi connectivity index (χ1v) is 5.13. The third-order valence-corrected chi connectivity index (χ3v) is 2.86. The number of benzene rings is 1. The molecule has 14 heavy (non-hydrogen) atoms. The zero-order valence-electron chi connectivity index (χ0n) is 8.03. The van der Waals surface area contributed by atoms with Crippen LogP contribution in [0.5, 0.6) is 0 Å². The number of anilines is 1. The molecule has 1 aliphatic heterocycles. The maximum absolute atomic E-state index is 4.38. The van der Waals surface area contributed by atoms with Gasteiger partial charge in [-0.3, -0.25) is 5.10 Å². The third kappa shape index (κ3) is 1.09. The van der Waals surface area contributed by atoms with Gasteiger partial charge in [0.15, 0.2) is 5.82 Å². The minimum absolute atomic E-state index is 1.12. The number of fused-ring (bicyclic) bond motifs is 1. The summed E-state index contributed by atoms with van der Waals surface area (Å²) in [5, 5.41) is 8.70. The van der Waals surface area contributed by atoms with E-state index in [-0.39, 0.29) is 0 Å². The van der Waals surface area contributed by atoms with Crippen molar-refractivity contribution in [2.75, 3.05) is 18.0 Å². The van der Waals surface area contributed by atoms with E-state index >= 15 is 0 Å². The van der Waals surface area contributed by atoms with Crippen LogP contribution in [0.3, 0.4) is 0 Å². The average Bonchev–Trinajstić information content (AvgIpc) is 2.85. The maximum atomic E-state index is 4.38. The van der Waals surface area contributed by atoms with Crippen LogP contribution in [0.4, 0.5) is 5.82 Å². The first-order chi connectivity index (χ1) is 6.95. The Kier molecular flexibility index (Phi) is 1.69. The van der Waals surface area contributed by atoms with Crippen LogP contribution in [0, 0.1) is 0 Å². The van der Waals surface area contributed by atoms with Crippen molar-refractivity contribution in [1.29, 1.82) is 0 Å². The minimum atomic E-state index is 1.12. The van der Waals surface area contributed by atoms with Crippen LogP contribution in [-0.2, 0) is 0 Å². The SMILES string of the molecule is c1ccc2c(N3CCCC3)n[nH]c2c1. The third-order valence-electron chi connectivity index (χ3n) is 2.86. The number of nitrogens with zero attached hydrogens (tertiary/aromatic N) is 2. The smallest absolute Gasteiger partial charge is 0.158 e. The van der Waals surface area contributed by atoms with Gasteiger partial charge in [-0.05, 0) is 25.0 Å². The number of hydrogen-bond acceptors (Lipinski definition) is 2. The Balaban J connectivity index is 2.11. The molecule has 1 fully saturated rings. The lowest BCUT2D eigenvalue weighted by atomic mass is 10.2. The van der Waals surface area contributed by atoms with E-state index in [1.807, 2.05) is 6.07 Å². The van der Waals surface area contributed by atoms with Crippen molar-refractivity contribution in [3.8, 4) is 0 Å². The lowest BCUT2D eigenvalue weighted by molar-refractivity contribution is 0.926. The maximum Gasteiger partial charge on any atom is 0.158 e. The lowest BCUT2D eigenvalue weighted by Crippen LogP contribution is -2.18. The number of H-pyrrole nitrogens is 1. The van der Waals surface area contributed by atoms with Gasteiger partial charge in [0.05, 0.1) is 5.52 Å². The van der Waals surface area contributed by atoms with Crippen molar-refractivity contribution in [2.24, 2.45) is 0 Å². The van der Waals surface area contributed by atoms with Crippen molar-refractivity contribution in [1.82, 2.24) is 10.2 Å². The molecule has 72 valence electrons. The molecule has 0 unspecified atom stereocenters. The van der Waals surface area contributed by atoms with Crippen molar-refractivity contribution in [2.45, 2.75) is 12.8 Å². The predicted molar refractivity (Wildman–Crippen MR) is 57.5 cm³/mol. The van der Waals surface area contributed by atoms with Gasteiger partial charge in [-0.2, -0.15) is 5.10 Å². The van der Waals surface area contributed by atoms with E-state index in [4.69, 9.17) is 0 Å². The Morgan fingerprint density at radius 2 is 1.93 bits per heavy atom. The van der Waals surface area contributed by atoms with Gasteiger partial charge in [-0.25, -0.2) is 0 Å². The lowest BCUT2D eigenvalue weighted by Gasteiger charge is -2.13. The molecule has 1 aromatic carbocycles. The van der Waals surface area contributed by atoms with Gasteiger partial charge < -0.3 is 4.90 Å². The number of rotatable bonds is 1. The van der Waals surface area contributed by atoms with Crippen LogP contribution < -0.4 is 4.90 Å². The summed E-state index contributed by atoms with van der Waals surface area (Å²) < 4.78 is 0. The summed E-state index contributed by atoms with van der Waals surface area (Å²) in [7, 11) is 0. The molecule has 0 spiro atoms. The molecular formula is C11H13N3. The van der Waals surface area contributed by atoms with E-state index in [2.05, 4.69) is 33.3 Å². The quantitative estimate of drug-likeness (QED) is 0.742. The number of hydrogen-bond donors (Lipinski definition) is 1. The largest absolute Gasteiger partial charge is 0.355 e. The fraction of sp³-hybridized carbons (Fsp3) is 0.364. The summed E-state index contributed by atoms with van der Waals surface area (Å²) in [5.74, 6) is 1.12. The van der Waals surface area contributed by atoms with Crippen molar-refractivity contribution >= 4 is 16.7 Å². The van der Waals surface area contributed by atoms with Crippen LogP contribution in [-0.4, -0.2) is 23.3 Å². The van der Waals surface area contributed by atoms with Gasteiger partial charge in [-0.15, -0.1) is 0 Å². The van der Waals surface area contributed by atoms with Crippen molar-refractivity contribution in [3.63, 3.8) is 0 Å². The summed E-state index contributed by atoms with van der Waals surface area (Å²) in [6.45, 7) is 2.30. The summed E-state index contributed by atoms with van der Waals surface area (Å²) in [6, 6.07) is 8.31. The van der Waals surface area contributed by atoms with Crippen LogP contribution in [0.2, 0.25) is 0 Å². The summed E-state index contributed by atoms with van der Waals surface area (Å²) in [5.41, 5.74) is 1.13. The van der Waals surface area contributed by atoms with E-state index in [1.165, 1.54) is 18.2 Å². The molecule has 1 saturated heterocycles. The molecule has 0 aliphatic carbocycles. The zero-order valence-corrected chi connectivity index (χ0v) is 8.03. The fourth-order valence-electron chi connectivity index (χ4n) is 2.12. The fourth-order valence-corrected chi connectivity index (χ4v) is 2.12. The standard InChI is InChI=1S/C11H13N3/c1-2-6-10-9(5-1)11(13-12-10)14-7-3-4-8-14/h1-2,5-6H,3-4,7-8H2,(H,12,13). The van der Waals surface area contributed by atoms with Crippen LogP contribution in [0.25, 0.3) is 10.9 Å². The first-order valence-electron chi connectivity index (χ1n) is 5.13. The first kappa shape index (κ1) is 7.85. The molecule has 0 bridgehead atoms. The average molecular weight is 187 g/mol. The van der Waals surface area contributed by atoms with E-state index in [0.29, 0.717) is 0 Å². The molecule has 1 aromatic heterocycles. The molecule has 0 radical (unpaired) electrons. The highest BCUT2D eigenvalue weighted by atomic mass is 15.3. The number of para-hydroxylation sites is 1. The molecule has 1 aliphatic rings. The molecule has 1 N–H and O–H groups in total. The topological polar surface area (TPSA) is 31.9 Å². The van der Waals surface area contributed by atoms with E-state index in [1.54, 1.807) is 0 Å². The van der Waals surface area contributed by atoms with Gasteiger partial charge >= 0.3 is 0 Å². The van der Waals surface area contributed by atoms with Gasteiger partial charge in [0, 0.05) is 18.5 Å². The molecule has 0 saturated carbocycles. The van der Waals surface area contributed by atoms with E-state index in [0.717, 1.165) is 24.4 Å². The van der Waals surface area contributed by atoms with Gasteiger partial charge in [0.2, 0.25) is 0 Å². The Hall–Kier alpha value is -1.51. The molecule has 3 heteroatoms. The molecule has 3 nitrogen and oxygen atoms in total. The Labute approximate surface area is 82.7 Å². The van der Waals surface area contributed by atoms with Crippen molar-refractivity contribution < 1.29 is 0 Å². The second-order valence-corrected chi connectivity index (χ2v) is 3.79. The molecule has 2 heterocycles. The van der Waals surface area contributed by atoms with Gasteiger partial charge in [-0.1, -0.05) is 12.1 Å². The minimum Gasteiger partial charge on any atom is -0.355 e. The van der Waals surface area contributed by atoms with Gasteiger partial charge in [0.1, 0.15) is 0 Å². The highest BCUT2D eigenvalue weighted by Gasteiger charge is 2.16. The van der Waals surface area contributed by atoms with E-state index < -0.39 is 0 Å². The molecule has 3 rings (SSSR count). The second-order valence-electron chi connectivity index (χ2n) is 3.79. The van der Waals surface area contributed by atoms with Crippen molar-refractivity contribution in [3.05, 3.63) is 24.3 Å². The van der Waals surface area contributed by atoms with E-state index in [9.17, 15) is 0 Å². The summed E-state index contributed by atoms with van der Waals surface area (Å²) in [6.07, 6.45) is 2.59. The van der Waals surface area contributed by atoms with Crippen LogP contribution >= 0.6 is 0 Å². The normalized spacial score (nSPS) is 16.7. The number of nitrogens with one attached hydrogen (secondary N) is 1. The highest BCUT2D eigenvalue weighted by molar-refractivity contribution is 5.90.